The minimum atomic E-state index is -0.494. The van der Waals surface area contributed by atoms with E-state index in [4.69, 9.17) is 0 Å². The molecule has 0 saturated heterocycles. The quantitative estimate of drug-likeness (QED) is 0.580. The van der Waals surface area contributed by atoms with Gasteiger partial charge in [-0.25, -0.2) is 4.79 Å². The molecule has 0 bridgehead atoms. The van der Waals surface area contributed by atoms with E-state index < -0.39 is 6.03 Å². The van der Waals surface area contributed by atoms with Crippen molar-refractivity contribution in [2.45, 2.75) is 13.8 Å². The minimum absolute atomic E-state index is 0.101. The SMILES string of the molecule is CC(C)CN1C(=O)c2ccc(NC(=O)Nc3ccc(O)cc3)cc2C1=O. The van der Waals surface area contributed by atoms with Crippen molar-refractivity contribution in [3.05, 3.63) is 53.6 Å². The van der Waals surface area contributed by atoms with Crippen molar-refractivity contribution in [2.75, 3.05) is 17.2 Å². The number of urea groups is 1. The Hall–Kier alpha value is -3.35. The number of carbonyl (C=O) groups is 3. The number of hydrogen-bond acceptors (Lipinski definition) is 4. The van der Waals surface area contributed by atoms with Gasteiger partial charge in [0.2, 0.25) is 0 Å². The number of amides is 4. The van der Waals surface area contributed by atoms with Gasteiger partial charge in [-0.15, -0.1) is 0 Å². The van der Waals surface area contributed by atoms with Crippen molar-refractivity contribution in [1.29, 1.82) is 0 Å². The standard InChI is InChI=1S/C19H19N3O4/c1-11(2)10-22-17(24)15-8-5-13(9-16(15)18(22)25)21-19(26)20-12-3-6-14(23)7-4-12/h3-9,11,23H,10H2,1-2H3,(H2,20,21,26). The van der Waals surface area contributed by atoms with Crippen molar-refractivity contribution in [2.24, 2.45) is 5.92 Å². The first-order valence-corrected chi connectivity index (χ1v) is 8.22. The van der Waals surface area contributed by atoms with Gasteiger partial charge in [-0.3, -0.25) is 14.5 Å². The second-order valence-electron chi connectivity index (χ2n) is 6.50. The molecule has 1 aliphatic heterocycles. The summed E-state index contributed by atoms with van der Waals surface area (Å²) in [5.41, 5.74) is 1.56. The van der Waals surface area contributed by atoms with Gasteiger partial charge in [0, 0.05) is 17.9 Å². The van der Waals surface area contributed by atoms with E-state index in [2.05, 4.69) is 10.6 Å². The molecule has 1 aliphatic rings. The van der Waals surface area contributed by atoms with Crippen LogP contribution in [-0.4, -0.2) is 34.4 Å². The van der Waals surface area contributed by atoms with Gasteiger partial charge in [0.15, 0.2) is 0 Å². The number of nitrogens with one attached hydrogen (secondary N) is 2. The van der Waals surface area contributed by atoms with Crippen molar-refractivity contribution in [1.82, 2.24) is 4.90 Å². The van der Waals surface area contributed by atoms with Gasteiger partial charge in [0.1, 0.15) is 5.75 Å². The van der Waals surface area contributed by atoms with E-state index >= 15 is 0 Å². The molecule has 0 aliphatic carbocycles. The van der Waals surface area contributed by atoms with Crippen molar-refractivity contribution < 1.29 is 19.5 Å². The zero-order valence-corrected chi connectivity index (χ0v) is 14.4. The van der Waals surface area contributed by atoms with E-state index in [0.717, 1.165) is 0 Å². The van der Waals surface area contributed by atoms with Crippen LogP contribution in [0.1, 0.15) is 34.6 Å². The Kier molecular flexibility index (Phi) is 4.62. The molecule has 0 radical (unpaired) electrons. The maximum absolute atomic E-state index is 12.5. The van der Waals surface area contributed by atoms with Gasteiger partial charge in [-0.2, -0.15) is 0 Å². The highest BCUT2D eigenvalue weighted by atomic mass is 16.3. The third-order valence-electron chi connectivity index (χ3n) is 3.90. The lowest BCUT2D eigenvalue weighted by atomic mass is 10.1. The molecule has 26 heavy (non-hydrogen) atoms. The van der Waals surface area contributed by atoms with Crippen LogP contribution < -0.4 is 10.6 Å². The molecule has 0 atom stereocenters. The minimum Gasteiger partial charge on any atom is -0.508 e. The normalized spacial score (nSPS) is 13.1. The van der Waals surface area contributed by atoms with Gasteiger partial charge in [0.05, 0.1) is 11.1 Å². The zero-order chi connectivity index (χ0) is 18.8. The largest absolute Gasteiger partial charge is 0.508 e. The topological polar surface area (TPSA) is 98.7 Å². The van der Waals surface area contributed by atoms with Crippen molar-refractivity contribution in [3.63, 3.8) is 0 Å². The number of benzene rings is 2. The highest BCUT2D eigenvalue weighted by Crippen LogP contribution is 2.26. The summed E-state index contributed by atoms with van der Waals surface area (Å²) in [6.07, 6.45) is 0. The highest BCUT2D eigenvalue weighted by Gasteiger charge is 2.35. The van der Waals surface area contributed by atoms with Crippen LogP contribution >= 0.6 is 0 Å². The molecule has 0 unspecified atom stereocenters. The Morgan fingerprint density at radius 1 is 0.962 bits per heavy atom. The van der Waals surface area contributed by atoms with Gasteiger partial charge < -0.3 is 15.7 Å². The molecular weight excluding hydrogens is 334 g/mol. The van der Waals surface area contributed by atoms with Crippen LogP contribution in [0.3, 0.4) is 0 Å². The third-order valence-corrected chi connectivity index (χ3v) is 3.90. The summed E-state index contributed by atoms with van der Waals surface area (Å²) in [5, 5.41) is 14.5. The summed E-state index contributed by atoms with van der Waals surface area (Å²) in [5.74, 6) is -0.380. The number of phenols is 1. The molecule has 134 valence electrons. The Morgan fingerprint density at radius 3 is 2.19 bits per heavy atom. The van der Waals surface area contributed by atoms with Crippen LogP contribution in [0.15, 0.2) is 42.5 Å². The number of hydrogen-bond donors (Lipinski definition) is 3. The van der Waals surface area contributed by atoms with Crippen LogP contribution in [-0.2, 0) is 0 Å². The molecule has 1 heterocycles. The van der Waals surface area contributed by atoms with E-state index in [-0.39, 0.29) is 29.0 Å². The monoisotopic (exact) mass is 353 g/mol. The smallest absolute Gasteiger partial charge is 0.323 e. The van der Waals surface area contributed by atoms with Crippen LogP contribution in [0.4, 0.5) is 16.2 Å². The number of nitrogens with zero attached hydrogens (tertiary/aromatic N) is 1. The number of aromatic hydroxyl groups is 1. The Labute approximate surface area is 150 Å². The van der Waals surface area contributed by atoms with E-state index in [0.29, 0.717) is 23.5 Å². The summed E-state index contributed by atoms with van der Waals surface area (Å²) in [4.78, 5) is 38.1. The lowest BCUT2D eigenvalue weighted by Gasteiger charge is -2.15. The summed E-state index contributed by atoms with van der Waals surface area (Å²) in [6.45, 7) is 4.23. The first-order valence-electron chi connectivity index (χ1n) is 8.22. The average molecular weight is 353 g/mol. The molecule has 0 aromatic heterocycles. The maximum atomic E-state index is 12.5. The van der Waals surface area contributed by atoms with Crippen molar-refractivity contribution in [3.8, 4) is 5.75 Å². The Bertz CT molecular complexity index is 875. The fraction of sp³-hybridized carbons (Fsp3) is 0.211. The zero-order valence-electron chi connectivity index (χ0n) is 14.4. The van der Waals surface area contributed by atoms with Gasteiger partial charge >= 0.3 is 6.03 Å². The second-order valence-corrected chi connectivity index (χ2v) is 6.50. The average Bonchev–Trinajstić information content (AvgIpc) is 2.81. The fourth-order valence-corrected chi connectivity index (χ4v) is 2.74. The molecule has 3 rings (SSSR count). The molecule has 0 saturated carbocycles. The number of anilines is 2. The number of rotatable bonds is 4. The lowest BCUT2D eigenvalue weighted by Crippen LogP contribution is -2.33. The molecule has 7 nitrogen and oxygen atoms in total. The number of fused-ring (bicyclic) bond motifs is 1. The Balaban J connectivity index is 1.73. The molecule has 2 aromatic carbocycles. The molecule has 4 amide bonds. The van der Waals surface area contributed by atoms with E-state index in [1.54, 1.807) is 24.3 Å². The summed E-state index contributed by atoms with van der Waals surface area (Å²) in [6, 6.07) is 10.2. The van der Waals surface area contributed by atoms with Gasteiger partial charge in [-0.1, -0.05) is 13.8 Å². The lowest BCUT2D eigenvalue weighted by molar-refractivity contribution is 0.0636. The third kappa shape index (κ3) is 3.51. The first-order chi connectivity index (χ1) is 12.3. The van der Waals surface area contributed by atoms with Crippen LogP contribution in [0.25, 0.3) is 0 Å². The number of phenolic OH excluding ortho intramolecular Hbond substituents is 1. The van der Waals surface area contributed by atoms with Gasteiger partial charge in [-0.05, 0) is 48.4 Å². The van der Waals surface area contributed by atoms with E-state index in [9.17, 15) is 19.5 Å². The molecule has 2 aromatic rings. The fourth-order valence-electron chi connectivity index (χ4n) is 2.74. The summed E-state index contributed by atoms with van der Waals surface area (Å²) >= 11 is 0. The van der Waals surface area contributed by atoms with Crippen LogP contribution in [0.5, 0.6) is 5.75 Å². The molecule has 3 N–H and O–H groups in total. The van der Waals surface area contributed by atoms with Gasteiger partial charge in [0.25, 0.3) is 11.8 Å². The predicted molar refractivity (Wildman–Crippen MR) is 97.4 cm³/mol. The molecule has 0 spiro atoms. The molecular formula is C19H19N3O4. The summed E-state index contributed by atoms with van der Waals surface area (Å²) in [7, 11) is 0. The number of carbonyl (C=O) groups excluding carboxylic acids is 3. The predicted octanol–water partition coefficient (Wildman–Crippen LogP) is 3.29. The molecule has 0 fully saturated rings. The van der Waals surface area contributed by atoms with Crippen LogP contribution in [0, 0.1) is 5.92 Å². The highest BCUT2D eigenvalue weighted by molar-refractivity contribution is 6.22. The molecule has 7 heteroatoms. The second kappa shape index (κ2) is 6.87. The maximum Gasteiger partial charge on any atom is 0.323 e. The van der Waals surface area contributed by atoms with E-state index in [1.807, 2.05) is 13.8 Å². The first kappa shape index (κ1) is 17.5. The number of imide groups is 1. The van der Waals surface area contributed by atoms with E-state index in [1.165, 1.54) is 23.1 Å². The summed E-state index contributed by atoms with van der Waals surface area (Å²) < 4.78 is 0. The Morgan fingerprint density at radius 2 is 1.54 bits per heavy atom. The van der Waals surface area contributed by atoms with Crippen molar-refractivity contribution >= 4 is 29.2 Å². The van der Waals surface area contributed by atoms with Crippen LogP contribution in [0.2, 0.25) is 0 Å².